The fourth-order valence-electron chi connectivity index (χ4n) is 3.62. The molecule has 3 aromatic rings. The Balaban J connectivity index is 1.54. The van der Waals surface area contributed by atoms with E-state index in [-0.39, 0.29) is 11.9 Å². The summed E-state index contributed by atoms with van der Waals surface area (Å²) in [7, 11) is 0. The number of hydrogen-bond donors (Lipinski definition) is 1. The molecule has 1 saturated heterocycles. The van der Waals surface area contributed by atoms with Gasteiger partial charge < -0.3 is 10.1 Å². The van der Waals surface area contributed by atoms with E-state index < -0.39 is 0 Å². The third-order valence-electron chi connectivity index (χ3n) is 4.88. The Labute approximate surface area is 151 Å². The van der Waals surface area contributed by atoms with Crippen LogP contribution in [-0.2, 0) is 11.3 Å². The molecular weight excluding hydrogens is 333 g/mol. The van der Waals surface area contributed by atoms with Crippen LogP contribution in [0, 0.1) is 11.7 Å². The van der Waals surface area contributed by atoms with Gasteiger partial charge in [-0.2, -0.15) is 5.10 Å². The highest BCUT2D eigenvalue weighted by atomic mass is 19.1. The highest BCUT2D eigenvalue weighted by Gasteiger charge is 2.29. The van der Waals surface area contributed by atoms with Gasteiger partial charge in [0.1, 0.15) is 17.4 Å². The lowest BCUT2D eigenvalue weighted by molar-refractivity contribution is -0.0288. The van der Waals surface area contributed by atoms with E-state index in [9.17, 15) is 4.39 Å². The van der Waals surface area contributed by atoms with E-state index in [0.29, 0.717) is 17.0 Å². The normalized spacial score (nSPS) is 20.4. The van der Waals surface area contributed by atoms with Crippen molar-refractivity contribution < 1.29 is 9.13 Å². The SMILES string of the molecule is CCn1nccc1[C@@H]1OCCC[C@H]1CNc1ccnc2cc(F)cnc12. The smallest absolute Gasteiger partial charge is 0.143 e. The Bertz CT molecular complexity index is 897. The van der Waals surface area contributed by atoms with Crippen LogP contribution in [0.3, 0.4) is 0 Å². The quantitative estimate of drug-likeness (QED) is 0.758. The molecule has 0 radical (unpaired) electrons. The predicted octanol–water partition coefficient (Wildman–Crippen LogP) is 3.57. The van der Waals surface area contributed by atoms with E-state index in [4.69, 9.17) is 4.74 Å². The van der Waals surface area contributed by atoms with Gasteiger partial charge in [0.2, 0.25) is 0 Å². The third kappa shape index (κ3) is 3.26. The molecule has 1 aliphatic rings. The first-order valence-corrected chi connectivity index (χ1v) is 9.03. The molecule has 6 nitrogen and oxygen atoms in total. The van der Waals surface area contributed by atoms with Crippen LogP contribution in [0.25, 0.3) is 11.0 Å². The van der Waals surface area contributed by atoms with Crippen molar-refractivity contribution in [3.8, 4) is 0 Å². The van der Waals surface area contributed by atoms with Crippen molar-refractivity contribution in [3.63, 3.8) is 0 Å². The van der Waals surface area contributed by atoms with E-state index in [2.05, 4.69) is 27.3 Å². The number of aryl methyl sites for hydroxylation is 1. The molecule has 0 unspecified atom stereocenters. The molecule has 26 heavy (non-hydrogen) atoms. The maximum Gasteiger partial charge on any atom is 0.143 e. The van der Waals surface area contributed by atoms with Gasteiger partial charge in [0.05, 0.1) is 23.1 Å². The predicted molar refractivity (Wildman–Crippen MR) is 97.3 cm³/mol. The molecule has 1 fully saturated rings. The summed E-state index contributed by atoms with van der Waals surface area (Å²) in [6, 6.07) is 5.32. The lowest BCUT2D eigenvalue weighted by Gasteiger charge is -2.32. The number of ether oxygens (including phenoxy) is 1. The molecule has 4 rings (SSSR count). The molecule has 136 valence electrons. The van der Waals surface area contributed by atoms with Crippen molar-refractivity contribution in [3.05, 3.63) is 48.3 Å². The summed E-state index contributed by atoms with van der Waals surface area (Å²) in [4.78, 5) is 8.39. The highest BCUT2D eigenvalue weighted by Crippen LogP contribution is 2.34. The van der Waals surface area contributed by atoms with Crippen molar-refractivity contribution in [2.75, 3.05) is 18.5 Å². The first kappa shape index (κ1) is 16.9. The van der Waals surface area contributed by atoms with Crippen LogP contribution in [-0.4, -0.2) is 32.9 Å². The van der Waals surface area contributed by atoms with Gasteiger partial charge in [0.25, 0.3) is 0 Å². The number of fused-ring (bicyclic) bond motifs is 1. The van der Waals surface area contributed by atoms with Gasteiger partial charge in [-0.3, -0.25) is 9.67 Å². The highest BCUT2D eigenvalue weighted by molar-refractivity contribution is 5.86. The largest absolute Gasteiger partial charge is 0.383 e. The molecule has 3 aromatic heterocycles. The van der Waals surface area contributed by atoms with E-state index in [1.54, 1.807) is 6.20 Å². The number of aromatic nitrogens is 4. The Hall–Kier alpha value is -2.54. The molecule has 1 N–H and O–H groups in total. The van der Waals surface area contributed by atoms with Crippen molar-refractivity contribution in [2.45, 2.75) is 32.4 Å². The molecule has 1 aliphatic heterocycles. The standard InChI is InChI=1S/C19H22FN5O/c1-2-25-17(6-8-24-25)19-13(4-3-9-26-19)11-22-15-5-7-21-16-10-14(20)12-23-18(15)16/h5-8,10,12-13,19H,2-4,9,11H2,1H3,(H,21,22)/t13-,19+/m0/s1. The minimum absolute atomic E-state index is 0.0252. The van der Waals surface area contributed by atoms with Gasteiger partial charge in [-0.15, -0.1) is 0 Å². The Morgan fingerprint density at radius 1 is 1.31 bits per heavy atom. The average molecular weight is 355 g/mol. The van der Waals surface area contributed by atoms with Crippen molar-refractivity contribution in [2.24, 2.45) is 5.92 Å². The maximum absolute atomic E-state index is 13.4. The molecule has 0 amide bonds. The molecule has 0 aromatic carbocycles. The molecule has 2 atom stereocenters. The average Bonchev–Trinajstić information content (AvgIpc) is 3.15. The second-order valence-corrected chi connectivity index (χ2v) is 6.53. The summed E-state index contributed by atoms with van der Waals surface area (Å²) >= 11 is 0. The molecule has 0 aliphatic carbocycles. The van der Waals surface area contributed by atoms with Gasteiger partial charge in [-0.05, 0) is 31.9 Å². The first-order chi connectivity index (χ1) is 12.8. The number of halogens is 1. The van der Waals surface area contributed by atoms with Gasteiger partial charge in [-0.1, -0.05) is 0 Å². The summed E-state index contributed by atoms with van der Waals surface area (Å²) in [5.74, 6) is -0.0508. The lowest BCUT2D eigenvalue weighted by atomic mass is 9.92. The van der Waals surface area contributed by atoms with Crippen LogP contribution >= 0.6 is 0 Å². The topological polar surface area (TPSA) is 64.9 Å². The fourth-order valence-corrected chi connectivity index (χ4v) is 3.62. The van der Waals surface area contributed by atoms with Gasteiger partial charge >= 0.3 is 0 Å². The molecule has 0 saturated carbocycles. The number of nitrogens with one attached hydrogen (secondary N) is 1. The Morgan fingerprint density at radius 3 is 3.12 bits per heavy atom. The van der Waals surface area contributed by atoms with Crippen LogP contribution < -0.4 is 5.32 Å². The van der Waals surface area contributed by atoms with Crippen molar-refractivity contribution in [1.82, 2.24) is 19.7 Å². The Morgan fingerprint density at radius 2 is 2.23 bits per heavy atom. The minimum Gasteiger partial charge on any atom is -0.383 e. The zero-order valence-corrected chi connectivity index (χ0v) is 14.7. The van der Waals surface area contributed by atoms with Crippen LogP contribution in [0.15, 0.2) is 36.8 Å². The summed E-state index contributed by atoms with van der Waals surface area (Å²) in [6.07, 6.45) is 6.88. The van der Waals surface area contributed by atoms with E-state index in [1.807, 2.05) is 23.0 Å². The summed E-state index contributed by atoms with van der Waals surface area (Å²) in [5, 5.41) is 7.85. The van der Waals surface area contributed by atoms with Gasteiger partial charge in [0.15, 0.2) is 0 Å². The maximum atomic E-state index is 13.4. The number of rotatable bonds is 5. The molecular formula is C19H22FN5O. The summed E-state index contributed by atoms with van der Waals surface area (Å²) < 4.78 is 21.5. The number of anilines is 1. The molecule has 4 heterocycles. The number of pyridine rings is 2. The second kappa shape index (κ2) is 7.37. The van der Waals surface area contributed by atoms with Crippen molar-refractivity contribution >= 4 is 16.7 Å². The molecule has 0 spiro atoms. The van der Waals surface area contributed by atoms with E-state index in [0.717, 1.165) is 43.9 Å². The number of nitrogens with zero attached hydrogens (tertiary/aromatic N) is 4. The Kier molecular flexibility index (Phi) is 4.79. The minimum atomic E-state index is -0.379. The summed E-state index contributed by atoms with van der Waals surface area (Å²) in [6.45, 7) is 4.43. The van der Waals surface area contributed by atoms with Crippen LogP contribution in [0.1, 0.15) is 31.6 Å². The molecule has 7 heteroatoms. The van der Waals surface area contributed by atoms with Crippen molar-refractivity contribution in [1.29, 1.82) is 0 Å². The number of hydrogen-bond acceptors (Lipinski definition) is 5. The zero-order chi connectivity index (χ0) is 17.9. The third-order valence-corrected chi connectivity index (χ3v) is 4.88. The van der Waals surface area contributed by atoms with E-state index >= 15 is 0 Å². The van der Waals surface area contributed by atoms with Gasteiger partial charge in [0, 0.05) is 44.1 Å². The van der Waals surface area contributed by atoms with E-state index in [1.165, 1.54) is 12.3 Å². The van der Waals surface area contributed by atoms with Crippen LogP contribution in [0.2, 0.25) is 0 Å². The lowest BCUT2D eigenvalue weighted by Crippen LogP contribution is -2.30. The van der Waals surface area contributed by atoms with Gasteiger partial charge in [-0.25, -0.2) is 9.37 Å². The molecule has 0 bridgehead atoms. The monoisotopic (exact) mass is 355 g/mol. The summed E-state index contributed by atoms with van der Waals surface area (Å²) in [5.41, 5.74) is 3.22. The first-order valence-electron chi connectivity index (χ1n) is 9.03. The van der Waals surface area contributed by atoms with Crippen LogP contribution in [0.4, 0.5) is 10.1 Å². The van der Waals surface area contributed by atoms with Crippen LogP contribution in [0.5, 0.6) is 0 Å². The second-order valence-electron chi connectivity index (χ2n) is 6.53. The zero-order valence-electron chi connectivity index (χ0n) is 14.7. The fraction of sp³-hybridized carbons (Fsp3) is 0.421.